The normalized spacial score (nSPS) is 17.1. The summed E-state index contributed by atoms with van der Waals surface area (Å²) in [5, 5.41) is 7.09. The summed E-state index contributed by atoms with van der Waals surface area (Å²) in [5.41, 5.74) is 0.648. The summed E-state index contributed by atoms with van der Waals surface area (Å²) in [6, 6.07) is 3.88. The monoisotopic (exact) mass is 384 g/mol. The SMILES string of the molecule is CC(F)(F)c1nnc2cnc(-c3ccc(OC4CC(F)(F)C4)c(F)c3)cn12. The molecule has 10 heteroatoms. The Kier molecular flexibility index (Phi) is 3.83. The molecule has 1 aromatic carbocycles. The van der Waals surface area contributed by atoms with Crippen LogP contribution in [0.1, 0.15) is 25.6 Å². The molecule has 1 saturated carbocycles. The molecule has 0 radical (unpaired) electrons. The Labute approximate surface area is 149 Å². The van der Waals surface area contributed by atoms with Crippen LogP contribution in [0, 0.1) is 5.82 Å². The number of halogens is 5. The molecule has 1 aliphatic carbocycles. The van der Waals surface area contributed by atoms with E-state index in [4.69, 9.17) is 4.74 Å². The Morgan fingerprint density at radius 2 is 1.96 bits per heavy atom. The van der Waals surface area contributed by atoms with E-state index in [0.29, 0.717) is 12.5 Å². The van der Waals surface area contributed by atoms with Gasteiger partial charge in [0, 0.05) is 31.5 Å². The van der Waals surface area contributed by atoms with E-state index < -0.39 is 42.4 Å². The van der Waals surface area contributed by atoms with E-state index in [2.05, 4.69) is 15.2 Å². The van der Waals surface area contributed by atoms with Crippen molar-refractivity contribution in [3.63, 3.8) is 0 Å². The summed E-state index contributed by atoms with van der Waals surface area (Å²) < 4.78 is 73.5. The second-order valence-corrected chi connectivity index (χ2v) is 6.56. The molecule has 0 unspecified atom stereocenters. The predicted molar refractivity (Wildman–Crippen MR) is 84.3 cm³/mol. The molecule has 1 aliphatic rings. The topological polar surface area (TPSA) is 52.3 Å². The summed E-state index contributed by atoms with van der Waals surface area (Å²) in [7, 11) is 0. The molecule has 2 aromatic heterocycles. The fraction of sp³-hybridized carbons (Fsp3) is 0.353. The number of nitrogens with zero attached hydrogens (tertiary/aromatic N) is 4. The Balaban J connectivity index is 1.62. The molecule has 0 amide bonds. The van der Waals surface area contributed by atoms with Crippen LogP contribution < -0.4 is 4.74 Å². The number of rotatable bonds is 4. The molecule has 4 rings (SSSR count). The van der Waals surface area contributed by atoms with Gasteiger partial charge in [0.25, 0.3) is 5.92 Å². The van der Waals surface area contributed by atoms with Gasteiger partial charge < -0.3 is 4.74 Å². The lowest BCUT2D eigenvalue weighted by Crippen LogP contribution is -2.43. The number of hydrogen-bond donors (Lipinski definition) is 0. The lowest BCUT2D eigenvalue weighted by atomic mass is 9.91. The van der Waals surface area contributed by atoms with E-state index in [-0.39, 0.29) is 17.1 Å². The highest BCUT2D eigenvalue weighted by Gasteiger charge is 2.47. The van der Waals surface area contributed by atoms with Crippen LogP contribution in [0.2, 0.25) is 0 Å². The number of aromatic nitrogens is 4. The van der Waals surface area contributed by atoms with Gasteiger partial charge in [0.2, 0.25) is 5.82 Å². The zero-order valence-corrected chi connectivity index (χ0v) is 14.0. The Morgan fingerprint density at radius 3 is 2.59 bits per heavy atom. The highest BCUT2D eigenvalue weighted by atomic mass is 19.3. The van der Waals surface area contributed by atoms with Crippen LogP contribution in [-0.2, 0) is 5.92 Å². The highest BCUT2D eigenvalue weighted by molar-refractivity contribution is 5.61. The zero-order valence-electron chi connectivity index (χ0n) is 14.0. The summed E-state index contributed by atoms with van der Waals surface area (Å²) in [6.07, 6.45) is 0.892. The molecule has 3 aromatic rings. The van der Waals surface area contributed by atoms with Crippen molar-refractivity contribution in [2.24, 2.45) is 0 Å². The average Bonchev–Trinajstić information content (AvgIpc) is 2.98. The van der Waals surface area contributed by atoms with E-state index in [1.165, 1.54) is 24.5 Å². The molecule has 142 valence electrons. The Hall–Kier alpha value is -2.78. The van der Waals surface area contributed by atoms with Crippen molar-refractivity contribution in [3.8, 4) is 17.0 Å². The zero-order chi connectivity index (χ0) is 19.4. The molecule has 27 heavy (non-hydrogen) atoms. The van der Waals surface area contributed by atoms with Gasteiger partial charge in [-0.15, -0.1) is 10.2 Å². The molecule has 0 N–H and O–H groups in total. The third kappa shape index (κ3) is 3.31. The molecule has 5 nitrogen and oxygen atoms in total. The number of fused-ring (bicyclic) bond motifs is 1. The minimum atomic E-state index is -3.22. The first-order valence-electron chi connectivity index (χ1n) is 8.06. The van der Waals surface area contributed by atoms with E-state index in [1.54, 1.807) is 0 Å². The van der Waals surface area contributed by atoms with Crippen LogP contribution in [0.15, 0.2) is 30.6 Å². The van der Waals surface area contributed by atoms with Crippen molar-refractivity contribution in [3.05, 3.63) is 42.2 Å². The predicted octanol–water partition coefficient (Wildman–Crippen LogP) is 4.22. The fourth-order valence-electron chi connectivity index (χ4n) is 2.88. The number of alkyl halides is 4. The average molecular weight is 384 g/mol. The first-order chi connectivity index (χ1) is 12.6. The Morgan fingerprint density at radius 1 is 1.22 bits per heavy atom. The second kappa shape index (κ2) is 5.86. The van der Waals surface area contributed by atoms with Crippen LogP contribution >= 0.6 is 0 Å². The summed E-state index contributed by atoms with van der Waals surface area (Å²) >= 11 is 0. The summed E-state index contributed by atoms with van der Waals surface area (Å²) in [4.78, 5) is 4.08. The smallest absolute Gasteiger partial charge is 0.304 e. The van der Waals surface area contributed by atoms with Crippen LogP contribution in [0.4, 0.5) is 22.0 Å². The molecule has 2 heterocycles. The van der Waals surface area contributed by atoms with Gasteiger partial charge >= 0.3 is 5.92 Å². The second-order valence-electron chi connectivity index (χ2n) is 6.56. The highest BCUT2D eigenvalue weighted by Crippen LogP contribution is 2.40. The minimum absolute atomic E-state index is 0.126. The van der Waals surface area contributed by atoms with Gasteiger partial charge in [-0.25, -0.2) is 13.2 Å². The third-order valence-electron chi connectivity index (χ3n) is 4.26. The first kappa shape index (κ1) is 17.6. The van der Waals surface area contributed by atoms with Crippen molar-refractivity contribution in [2.45, 2.75) is 37.7 Å². The van der Waals surface area contributed by atoms with Gasteiger partial charge in [-0.05, 0) is 18.2 Å². The lowest BCUT2D eigenvalue weighted by molar-refractivity contribution is -0.135. The molecule has 1 fully saturated rings. The fourth-order valence-corrected chi connectivity index (χ4v) is 2.88. The maximum absolute atomic E-state index is 14.3. The van der Waals surface area contributed by atoms with E-state index in [0.717, 1.165) is 10.5 Å². The van der Waals surface area contributed by atoms with Gasteiger partial charge in [-0.1, -0.05) is 0 Å². The Bertz CT molecular complexity index is 1010. The lowest BCUT2D eigenvalue weighted by Gasteiger charge is -2.34. The van der Waals surface area contributed by atoms with E-state index >= 15 is 0 Å². The van der Waals surface area contributed by atoms with Gasteiger partial charge in [-0.2, -0.15) is 8.78 Å². The maximum atomic E-state index is 14.3. The number of ether oxygens (including phenoxy) is 1. The molecule has 0 bridgehead atoms. The van der Waals surface area contributed by atoms with Crippen molar-refractivity contribution in [2.75, 3.05) is 0 Å². The van der Waals surface area contributed by atoms with Crippen molar-refractivity contribution in [1.82, 2.24) is 19.6 Å². The number of benzene rings is 1. The van der Waals surface area contributed by atoms with Crippen LogP contribution in [-0.4, -0.2) is 31.6 Å². The minimum Gasteiger partial charge on any atom is -0.487 e. The van der Waals surface area contributed by atoms with Crippen LogP contribution in [0.3, 0.4) is 0 Å². The van der Waals surface area contributed by atoms with Gasteiger partial charge in [-0.3, -0.25) is 9.38 Å². The quantitative estimate of drug-likeness (QED) is 0.632. The van der Waals surface area contributed by atoms with Crippen LogP contribution in [0.5, 0.6) is 5.75 Å². The maximum Gasteiger partial charge on any atom is 0.304 e. The van der Waals surface area contributed by atoms with Gasteiger partial charge in [0.1, 0.15) is 6.10 Å². The largest absolute Gasteiger partial charge is 0.487 e. The van der Waals surface area contributed by atoms with E-state index in [1.807, 2.05) is 0 Å². The third-order valence-corrected chi connectivity index (χ3v) is 4.26. The number of hydrogen-bond acceptors (Lipinski definition) is 4. The van der Waals surface area contributed by atoms with E-state index in [9.17, 15) is 22.0 Å². The summed E-state index contributed by atoms with van der Waals surface area (Å²) in [6.45, 7) is 0.694. The van der Waals surface area contributed by atoms with Gasteiger partial charge in [0.05, 0.1) is 11.9 Å². The van der Waals surface area contributed by atoms with Crippen molar-refractivity contribution in [1.29, 1.82) is 0 Å². The molecular formula is C17H13F5N4O. The molecular weight excluding hydrogens is 371 g/mol. The standard InChI is InChI=1S/C17H13F5N4O/c1-16(19,20)15-25-24-14-7-23-12(8-26(14)15)9-2-3-13(11(18)4-9)27-10-5-17(21,22)6-10/h2-4,7-8,10H,5-6H2,1H3. The molecule has 0 atom stereocenters. The van der Waals surface area contributed by atoms with Gasteiger partial charge in [0.15, 0.2) is 17.2 Å². The molecule has 0 aliphatic heterocycles. The summed E-state index contributed by atoms with van der Waals surface area (Å²) in [5.74, 6) is -7.45. The first-order valence-corrected chi connectivity index (χ1v) is 8.06. The van der Waals surface area contributed by atoms with Crippen LogP contribution in [0.25, 0.3) is 16.9 Å². The molecule has 0 spiro atoms. The molecule has 0 saturated heterocycles. The van der Waals surface area contributed by atoms with Crippen molar-refractivity contribution < 1.29 is 26.7 Å². The van der Waals surface area contributed by atoms with Crippen molar-refractivity contribution >= 4 is 5.65 Å².